The second kappa shape index (κ2) is 5.76. The van der Waals surface area contributed by atoms with Crippen LogP contribution in [0.2, 0.25) is 0 Å². The van der Waals surface area contributed by atoms with Crippen LogP contribution in [0.4, 0.5) is 5.95 Å². The van der Waals surface area contributed by atoms with Gasteiger partial charge in [-0.3, -0.25) is 4.79 Å². The number of rotatable bonds is 4. The van der Waals surface area contributed by atoms with E-state index in [9.17, 15) is 13.2 Å². The summed E-state index contributed by atoms with van der Waals surface area (Å²) in [6.07, 6.45) is 0. The number of fused-ring (bicyclic) bond motifs is 1. The normalized spacial score (nSPS) is 12.0. The molecule has 24 heavy (non-hydrogen) atoms. The lowest BCUT2D eigenvalue weighted by Crippen LogP contribution is -2.18. The Morgan fingerprint density at radius 3 is 2.42 bits per heavy atom. The first kappa shape index (κ1) is 16.2. The number of nitrogens with two attached hydrogens (primary N) is 1. The number of anilines is 1. The number of ketones is 1. The van der Waals surface area contributed by atoms with E-state index in [2.05, 4.69) is 9.97 Å². The monoisotopic (exact) mass is 343 g/mol. The Morgan fingerprint density at radius 2 is 1.79 bits per heavy atom. The summed E-state index contributed by atoms with van der Waals surface area (Å²) in [5, 5.41) is -0.691. The summed E-state index contributed by atoms with van der Waals surface area (Å²) < 4.78 is 25.7. The van der Waals surface area contributed by atoms with Crippen LogP contribution in [0.15, 0.2) is 47.4 Å². The van der Waals surface area contributed by atoms with Crippen molar-refractivity contribution < 1.29 is 13.2 Å². The number of sulfone groups is 1. The highest BCUT2D eigenvalue weighted by Crippen LogP contribution is 2.30. The van der Waals surface area contributed by atoms with E-state index < -0.39 is 15.1 Å². The highest BCUT2D eigenvalue weighted by Gasteiger charge is 2.30. The van der Waals surface area contributed by atoms with Crippen molar-refractivity contribution in [3.8, 4) is 0 Å². The van der Waals surface area contributed by atoms with Crippen LogP contribution in [-0.4, -0.2) is 29.4 Å². The lowest BCUT2D eigenvalue weighted by atomic mass is 10.0. The number of nitrogen functional groups attached to an aromatic ring is 1. The summed E-state index contributed by atoms with van der Waals surface area (Å²) in [6.45, 7) is 3.14. The van der Waals surface area contributed by atoms with Gasteiger partial charge in [-0.05, 0) is 26.0 Å². The van der Waals surface area contributed by atoms with Gasteiger partial charge in [0.05, 0.1) is 10.8 Å². The largest absolute Gasteiger partial charge is 0.369 e. The van der Waals surface area contributed by atoms with Crippen LogP contribution < -0.4 is 5.73 Å². The zero-order valence-electron chi connectivity index (χ0n) is 13.3. The van der Waals surface area contributed by atoms with Gasteiger partial charge in [0.15, 0.2) is 21.6 Å². The molecule has 3 N–H and O–H groups in total. The van der Waals surface area contributed by atoms with E-state index in [4.69, 9.17) is 5.73 Å². The number of nitrogens with zero attached hydrogens (tertiary/aromatic N) is 1. The SMILES string of the molecule is CC(C)S(=O)(=O)c1c(C(=O)c2ccccc2)ccc2[nH]c(N)nc12. The van der Waals surface area contributed by atoms with Gasteiger partial charge in [-0.25, -0.2) is 13.4 Å². The van der Waals surface area contributed by atoms with Gasteiger partial charge in [0, 0.05) is 11.1 Å². The minimum atomic E-state index is -3.73. The number of imidazole rings is 1. The van der Waals surface area contributed by atoms with Gasteiger partial charge in [0.25, 0.3) is 0 Å². The Balaban J connectivity index is 2.35. The minimum Gasteiger partial charge on any atom is -0.369 e. The van der Waals surface area contributed by atoms with Gasteiger partial charge in [-0.1, -0.05) is 30.3 Å². The van der Waals surface area contributed by atoms with Crippen LogP contribution >= 0.6 is 0 Å². The average molecular weight is 343 g/mol. The van der Waals surface area contributed by atoms with Gasteiger partial charge in [0.2, 0.25) is 0 Å². The number of aromatic amines is 1. The number of carbonyl (C=O) groups is 1. The third-order valence-corrected chi connectivity index (χ3v) is 6.04. The maximum atomic E-state index is 12.9. The van der Waals surface area contributed by atoms with E-state index in [1.165, 1.54) is 6.07 Å². The predicted molar refractivity (Wildman–Crippen MR) is 92.7 cm³/mol. The summed E-state index contributed by atoms with van der Waals surface area (Å²) >= 11 is 0. The molecule has 1 aromatic heterocycles. The summed E-state index contributed by atoms with van der Waals surface area (Å²) in [6, 6.07) is 11.7. The Bertz CT molecular complexity index is 1020. The fraction of sp³-hybridized carbons (Fsp3) is 0.176. The molecule has 0 unspecified atom stereocenters. The van der Waals surface area contributed by atoms with Gasteiger partial charge in [-0.15, -0.1) is 0 Å². The van der Waals surface area contributed by atoms with Crippen LogP contribution in [0.25, 0.3) is 11.0 Å². The standard InChI is InChI=1S/C17H17N3O3S/c1-10(2)24(22,23)16-12(15(21)11-6-4-3-5-7-11)8-9-13-14(16)20-17(18)19-13/h3-10H,1-2H3,(H3,18,19,20). The number of carbonyl (C=O) groups excluding carboxylic acids is 1. The molecule has 3 aromatic rings. The number of aromatic nitrogens is 2. The molecule has 0 saturated carbocycles. The molecule has 1 heterocycles. The highest BCUT2D eigenvalue weighted by molar-refractivity contribution is 7.92. The van der Waals surface area contributed by atoms with Crippen molar-refractivity contribution in [2.24, 2.45) is 0 Å². The molecule has 0 atom stereocenters. The number of nitrogens with one attached hydrogen (secondary N) is 1. The Labute approximate surface area is 139 Å². The van der Waals surface area contributed by atoms with E-state index in [-0.39, 0.29) is 27.7 Å². The molecule has 124 valence electrons. The lowest BCUT2D eigenvalue weighted by Gasteiger charge is -2.13. The molecule has 6 nitrogen and oxygen atoms in total. The van der Waals surface area contributed by atoms with Crippen molar-refractivity contribution in [1.29, 1.82) is 0 Å². The van der Waals surface area contributed by atoms with Crippen molar-refractivity contribution in [2.75, 3.05) is 5.73 Å². The quantitative estimate of drug-likeness (QED) is 0.708. The minimum absolute atomic E-state index is 0.0724. The molecule has 0 bridgehead atoms. The molecule has 0 saturated heterocycles. The fourth-order valence-corrected chi connectivity index (χ4v) is 3.88. The topological polar surface area (TPSA) is 106 Å². The van der Waals surface area contributed by atoms with Gasteiger partial charge < -0.3 is 10.7 Å². The number of hydrogen-bond donors (Lipinski definition) is 2. The third kappa shape index (κ3) is 2.56. The van der Waals surface area contributed by atoms with E-state index >= 15 is 0 Å². The van der Waals surface area contributed by atoms with Gasteiger partial charge in [-0.2, -0.15) is 0 Å². The molecular formula is C17H17N3O3S. The Kier molecular flexibility index (Phi) is 3.88. The molecule has 0 spiro atoms. The predicted octanol–water partition coefficient (Wildman–Crippen LogP) is 2.56. The molecule has 0 aliphatic heterocycles. The fourth-order valence-electron chi connectivity index (χ4n) is 2.52. The molecule has 7 heteroatoms. The molecule has 0 radical (unpaired) electrons. The first-order chi connectivity index (χ1) is 11.3. The molecule has 0 aliphatic carbocycles. The smallest absolute Gasteiger partial charge is 0.198 e. The van der Waals surface area contributed by atoms with Crippen LogP contribution in [0.5, 0.6) is 0 Å². The van der Waals surface area contributed by atoms with Crippen LogP contribution in [-0.2, 0) is 9.84 Å². The maximum absolute atomic E-state index is 12.9. The third-order valence-electron chi connectivity index (χ3n) is 3.81. The Hall–Kier alpha value is -2.67. The molecular weight excluding hydrogens is 326 g/mol. The van der Waals surface area contributed by atoms with Crippen molar-refractivity contribution in [1.82, 2.24) is 9.97 Å². The van der Waals surface area contributed by atoms with Crippen LogP contribution in [0.1, 0.15) is 29.8 Å². The Morgan fingerprint density at radius 1 is 1.12 bits per heavy atom. The second-order valence-electron chi connectivity index (χ2n) is 5.75. The van der Waals surface area contributed by atoms with Crippen LogP contribution in [0, 0.1) is 0 Å². The lowest BCUT2D eigenvalue weighted by molar-refractivity contribution is 0.103. The highest BCUT2D eigenvalue weighted by atomic mass is 32.2. The summed E-state index contributed by atoms with van der Waals surface area (Å²) in [5.41, 5.74) is 6.87. The van der Waals surface area contributed by atoms with E-state index in [1.54, 1.807) is 50.2 Å². The summed E-state index contributed by atoms with van der Waals surface area (Å²) in [7, 11) is -3.73. The van der Waals surface area contributed by atoms with Crippen molar-refractivity contribution >= 4 is 32.6 Å². The molecule has 0 aliphatic rings. The van der Waals surface area contributed by atoms with Crippen molar-refractivity contribution in [3.05, 3.63) is 53.6 Å². The molecule has 3 rings (SSSR count). The summed E-state index contributed by atoms with van der Waals surface area (Å²) in [4.78, 5) is 19.7. The number of H-pyrrole nitrogens is 1. The zero-order chi connectivity index (χ0) is 17.5. The van der Waals surface area contributed by atoms with E-state index in [0.29, 0.717) is 11.1 Å². The van der Waals surface area contributed by atoms with Gasteiger partial charge >= 0.3 is 0 Å². The molecule has 0 fully saturated rings. The molecule has 0 amide bonds. The number of benzene rings is 2. The first-order valence-corrected chi connectivity index (χ1v) is 8.99. The van der Waals surface area contributed by atoms with E-state index in [1.807, 2.05) is 0 Å². The van der Waals surface area contributed by atoms with Crippen molar-refractivity contribution in [3.63, 3.8) is 0 Å². The van der Waals surface area contributed by atoms with Gasteiger partial charge in [0.1, 0.15) is 10.4 Å². The van der Waals surface area contributed by atoms with Crippen molar-refractivity contribution in [2.45, 2.75) is 24.0 Å². The summed E-state index contributed by atoms with van der Waals surface area (Å²) in [5.74, 6) is -0.257. The zero-order valence-corrected chi connectivity index (χ0v) is 14.1. The maximum Gasteiger partial charge on any atom is 0.198 e. The number of hydrogen-bond acceptors (Lipinski definition) is 5. The first-order valence-electron chi connectivity index (χ1n) is 7.44. The molecule has 2 aromatic carbocycles. The average Bonchev–Trinajstić information content (AvgIpc) is 2.93. The van der Waals surface area contributed by atoms with Crippen LogP contribution in [0.3, 0.4) is 0 Å². The second-order valence-corrected chi connectivity index (χ2v) is 8.19. The van der Waals surface area contributed by atoms with E-state index in [0.717, 1.165) is 0 Å².